The minimum absolute atomic E-state index is 0.0631. The number of fused-ring (bicyclic) bond motifs is 1. The van der Waals surface area contributed by atoms with Gasteiger partial charge in [0.2, 0.25) is 5.91 Å². The summed E-state index contributed by atoms with van der Waals surface area (Å²) < 4.78 is 5.61. The predicted octanol–water partition coefficient (Wildman–Crippen LogP) is 4.07. The summed E-state index contributed by atoms with van der Waals surface area (Å²) in [7, 11) is 0. The van der Waals surface area contributed by atoms with Crippen LogP contribution >= 0.6 is 0 Å². The summed E-state index contributed by atoms with van der Waals surface area (Å²) in [4.78, 5) is 14.9. The van der Waals surface area contributed by atoms with Crippen molar-refractivity contribution in [1.82, 2.24) is 5.32 Å². The molecule has 4 rings (SSSR count). The molecule has 2 aromatic carbocycles. The van der Waals surface area contributed by atoms with Crippen LogP contribution in [0.15, 0.2) is 59.2 Å². The zero-order valence-corrected chi connectivity index (χ0v) is 15.1. The number of carbonyl (C=O) groups excluding carboxylic acids is 1. The number of anilines is 1. The van der Waals surface area contributed by atoms with Gasteiger partial charge in [0, 0.05) is 35.8 Å². The topological polar surface area (TPSA) is 45.5 Å². The first-order chi connectivity index (χ1) is 12.7. The molecule has 134 valence electrons. The molecule has 1 N–H and O–H groups in total. The molecule has 1 aromatic heterocycles. The van der Waals surface area contributed by atoms with Gasteiger partial charge in [0.05, 0.1) is 12.7 Å². The molecule has 0 saturated carbocycles. The van der Waals surface area contributed by atoms with Gasteiger partial charge in [0.25, 0.3) is 0 Å². The van der Waals surface area contributed by atoms with Crippen molar-refractivity contribution in [2.75, 3.05) is 18.0 Å². The maximum Gasteiger partial charge on any atom is 0.224 e. The van der Waals surface area contributed by atoms with Crippen LogP contribution in [-0.4, -0.2) is 25.0 Å². The van der Waals surface area contributed by atoms with Gasteiger partial charge in [0.15, 0.2) is 0 Å². The molecule has 2 heterocycles. The largest absolute Gasteiger partial charge is 0.464 e. The molecule has 3 aromatic rings. The van der Waals surface area contributed by atoms with Crippen LogP contribution in [-0.2, 0) is 11.2 Å². The fraction of sp³-hybridized carbons (Fsp3) is 0.318. The normalized spacial score (nSPS) is 17.4. The van der Waals surface area contributed by atoms with Crippen molar-refractivity contribution in [3.63, 3.8) is 0 Å². The van der Waals surface area contributed by atoms with Crippen molar-refractivity contribution in [1.29, 1.82) is 0 Å². The third-order valence-corrected chi connectivity index (χ3v) is 5.07. The second-order valence-electron chi connectivity index (χ2n) is 7.13. The SMILES string of the molecule is Cc1ccc2c(CC(=O)NC3CCCN(c4ccccc4)C3)coc2c1. The first-order valence-corrected chi connectivity index (χ1v) is 9.25. The van der Waals surface area contributed by atoms with Gasteiger partial charge in [0.1, 0.15) is 5.58 Å². The molecular weight excluding hydrogens is 324 g/mol. The van der Waals surface area contributed by atoms with Crippen LogP contribution in [0.4, 0.5) is 5.69 Å². The molecule has 1 aliphatic heterocycles. The van der Waals surface area contributed by atoms with Gasteiger partial charge < -0.3 is 14.6 Å². The quantitative estimate of drug-likeness (QED) is 0.773. The van der Waals surface area contributed by atoms with Crippen LogP contribution in [0.3, 0.4) is 0 Å². The summed E-state index contributed by atoms with van der Waals surface area (Å²) in [5, 5.41) is 4.24. The first-order valence-electron chi connectivity index (χ1n) is 9.25. The van der Waals surface area contributed by atoms with Gasteiger partial charge in [-0.25, -0.2) is 0 Å². The molecule has 1 saturated heterocycles. The van der Waals surface area contributed by atoms with Crippen LogP contribution in [0.1, 0.15) is 24.0 Å². The van der Waals surface area contributed by atoms with Crippen LogP contribution in [0.25, 0.3) is 11.0 Å². The van der Waals surface area contributed by atoms with Crippen molar-refractivity contribution in [2.45, 2.75) is 32.2 Å². The maximum atomic E-state index is 12.6. The highest BCUT2D eigenvalue weighted by Gasteiger charge is 2.22. The number of rotatable bonds is 4. The number of amides is 1. The van der Waals surface area contributed by atoms with Crippen LogP contribution in [0.2, 0.25) is 0 Å². The minimum Gasteiger partial charge on any atom is -0.464 e. The van der Waals surface area contributed by atoms with Crippen LogP contribution in [0.5, 0.6) is 0 Å². The Morgan fingerprint density at radius 2 is 2.08 bits per heavy atom. The van der Waals surface area contributed by atoms with Crippen molar-refractivity contribution < 1.29 is 9.21 Å². The number of benzene rings is 2. The highest BCUT2D eigenvalue weighted by Crippen LogP contribution is 2.23. The number of furan rings is 1. The maximum absolute atomic E-state index is 12.6. The number of hydrogen-bond donors (Lipinski definition) is 1. The van der Waals surface area contributed by atoms with Gasteiger partial charge in [-0.05, 0) is 43.5 Å². The molecule has 0 bridgehead atoms. The molecule has 1 atom stereocenters. The second-order valence-corrected chi connectivity index (χ2v) is 7.13. The van der Waals surface area contributed by atoms with Gasteiger partial charge >= 0.3 is 0 Å². The predicted molar refractivity (Wildman–Crippen MR) is 104 cm³/mol. The monoisotopic (exact) mass is 348 g/mol. The van der Waals surface area contributed by atoms with Gasteiger partial charge in [-0.1, -0.05) is 30.3 Å². The number of para-hydroxylation sites is 1. The summed E-state index contributed by atoms with van der Waals surface area (Å²) >= 11 is 0. The van der Waals surface area contributed by atoms with Crippen molar-refractivity contribution in [3.8, 4) is 0 Å². The van der Waals surface area contributed by atoms with Gasteiger partial charge in [-0.2, -0.15) is 0 Å². The van der Waals surface area contributed by atoms with E-state index in [2.05, 4.69) is 40.5 Å². The molecule has 1 amide bonds. The molecule has 1 fully saturated rings. The standard InChI is InChI=1S/C22H24N2O2/c1-16-9-10-20-17(15-26-21(20)12-16)13-22(25)23-18-6-5-11-24(14-18)19-7-3-2-4-8-19/h2-4,7-10,12,15,18H,5-6,11,13-14H2,1H3,(H,23,25). The fourth-order valence-corrected chi connectivity index (χ4v) is 3.75. The molecular formula is C22H24N2O2. The number of nitrogens with one attached hydrogen (secondary N) is 1. The van der Waals surface area contributed by atoms with E-state index >= 15 is 0 Å². The molecule has 26 heavy (non-hydrogen) atoms. The molecule has 0 spiro atoms. The highest BCUT2D eigenvalue weighted by molar-refractivity contribution is 5.88. The Bertz CT molecular complexity index is 901. The van der Waals surface area contributed by atoms with E-state index in [1.807, 2.05) is 25.1 Å². The summed E-state index contributed by atoms with van der Waals surface area (Å²) in [6.45, 7) is 3.94. The average Bonchev–Trinajstić information content (AvgIpc) is 3.04. The van der Waals surface area contributed by atoms with Gasteiger partial charge in [-0.3, -0.25) is 4.79 Å². The van der Waals surface area contributed by atoms with E-state index in [1.165, 1.54) is 5.69 Å². The Kier molecular flexibility index (Phi) is 4.65. The summed E-state index contributed by atoms with van der Waals surface area (Å²) in [6.07, 6.45) is 4.19. The Morgan fingerprint density at radius 3 is 2.92 bits per heavy atom. The lowest BCUT2D eigenvalue weighted by Crippen LogP contribution is -2.48. The fourth-order valence-electron chi connectivity index (χ4n) is 3.75. The Morgan fingerprint density at radius 1 is 1.23 bits per heavy atom. The summed E-state index contributed by atoms with van der Waals surface area (Å²) in [5.41, 5.74) is 4.18. The van der Waals surface area contributed by atoms with E-state index in [0.29, 0.717) is 6.42 Å². The van der Waals surface area contributed by atoms with E-state index in [4.69, 9.17) is 4.42 Å². The Labute approximate surface area is 153 Å². The average molecular weight is 348 g/mol. The van der Waals surface area contributed by atoms with Crippen molar-refractivity contribution in [2.24, 2.45) is 0 Å². The Hall–Kier alpha value is -2.75. The van der Waals surface area contributed by atoms with E-state index in [0.717, 1.165) is 48.0 Å². The highest BCUT2D eigenvalue weighted by atomic mass is 16.3. The number of aryl methyl sites for hydroxylation is 1. The van der Waals surface area contributed by atoms with Crippen LogP contribution in [0, 0.1) is 6.92 Å². The van der Waals surface area contributed by atoms with Gasteiger partial charge in [-0.15, -0.1) is 0 Å². The van der Waals surface area contributed by atoms with E-state index < -0.39 is 0 Å². The molecule has 1 aliphatic rings. The third kappa shape index (κ3) is 3.59. The summed E-state index contributed by atoms with van der Waals surface area (Å²) in [5.74, 6) is 0.0631. The number of carbonyl (C=O) groups is 1. The third-order valence-electron chi connectivity index (χ3n) is 5.07. The molecule has 0 aliphatic carbocycles. The lowest BCUT2D eigenvalue weighted by molar-refractivity contribution is -0.121. The molecule has 4 heteroatoms. The number of nitrogens with zero attached hydrogens (tertiary/aromatic N) is 1. The first kappa shape index (κ1) is 16.7. The lowest BCUT2D eigenvalue weighted by atomic mass is 10.0. The number of hydrogen-bond acceptors (Lipinski definition) is 3. The van der Waals surface area contributed by atoms with E-state index in [1.54, 1.807) is 6.26 Å². The smallest absolute Gasteiger partial charge is 0.224 e. The second kappa shape index (κ2) is 7.24. The number of piperidine rings is 1. The van der Waals surface area contributed by atoms with Crippen molar-refractivity contribution in [3.05, 3.63) is 65.9 Å². The lowest BCUT2D eigenvalue weighted by Gasteiger charge is -2.34. The minimum atomic E-state index is 0.0631. The summed E-state index contributed by atoms with van der Waals surface area (Å²) in [6, 6.07) is 16.7. The molecule has 4 nitrogen and oxygen atoms in total. The van der Waals surface area contributed by atoms with Crippen molar-refractivity contribution >= 4 is 22.6 Å². The Balaban J connectivity index is 1.39. The van der Waals surface area contributed by atoms with E-state index in [9.17, 15) is 4.79 Å². The molecule has 1 unspecified atom stereocenters. The van der Waals surface area contributed by atoms with E-state index in [-0.39, 0.29) is 11.9 Å². The zero-order valence-electron chi connectivity index (χ0n) is 15.1. The van der Waals surface area contributed by atoms with Crippen LogP contribution < -0.4 is 10.2 Å². The zero-order chi connectivity index (χ0) is 17.9. The molecule has 0 radical (unpaired) electrons.